The molecule has 0 bridgehead atoms. The molecular formula is C12H20N2. The van der Waals surface area contributed by atoms with Gasteiger partial charge in [-0.05, 0) is 33.7 Å². The molecule has 0 aliphatic carbocycles. The van der Waals surface area contributed by atoms with Gasteiger partial charge in [0.1, 0.15) is 0 Å². The SMILES string of the molecule is CCC1=CCC(C(C)(C)C#N)N(C)C1. The number of hydrogen-bond acceptors (Lipinski definition) is 2. The molecule has 2 nitrogen and oxygen atoms in total. The highest BCUT2D eigenvalue weighted by molar-refractivity contribution is 5.14. The lowest BCUT2D eigenvalue weighted by Crippen LogP contribution is -2.45. The van der Waals surface area contributed by atoms with Gasteiger partial charge in [0.05, 0.1) is 11.5 Å². The number of likely N-dealkylation sites (N-methyl/N-ethyl adjacent to an activating group) is 1. The van der Waals surface area contributed by atoms with E-state index in [1.807, 2.05) is 13.8 Å². The van der Waals surface area contributed by atoms with Gasteiger partial charge in [0, 0.05) is 12.6 Å². The summed E-state index contributed by atoms with van der Waals surface area (Å²) >= 11 is 0. The Morgan fingerprint density at radius 1 is 1.64 bits per heavy atom. The lowest BCUT2D eigenvalue weighted by atomic mass is 9.81. The molecule has 0 amide bonds. The second-order valence-corrected chi connectivity index (χ2v) is 4.72. The molecule has 1 atom stereocenters. The molecule has 0 N–H and O–H groups in total. The van der Waals surface area contributed by atoms with E-state index in [0.29, 0.717) is 6.04 Å². The summed E-state index contributed by atoms with van der Waals surface area (Å²) in [5, 5.41) is 9.09. The molecule has 0 radical (unpaired) electrons. The summed E-state index contributed by atoms with van der Waals surface area (Å²) in [4.78, 5) is 2.31. The molecule has 1 aliphatic rings. The second-order valence-electron chi connectivity index (χ2n) is 4.72. The Morgan fingerprint density at radius 3 is 2.71 bits per heavy atom. The van der Waals surface area contributed by atoms with Gasteiger partial charge in [-0.2, -0.15) is 5.26 Å². The second kappa shape index (κ2) is 4.14. The van der Waals surface area contributed by atoms with Crippen molar-refractivity contribution >= 4 is 0 Å². The van der Waals surface area contributed by atoms with E-state index in [2.05, 4.69) is 31.0 Å². The summed E-state index contributed by atoms with van der Waals surface area (Å²) in [5.74, 6) is 0. The van der Waals surface area contributed by atoms with Crippen LogP contribution in [0.3, 0.4) is 0 Å². The van der Waals surface area contributed by atoms with Crippen molar-refractivity contribution in [3.05, 3.63) is 11.6 Å². The maximum Gasteiger partial charge on any atom is 0.0700 e. The third-order valence-electron chi connectivity index (χ3n) is 3.19. The maximum atomic E-state index is 9.09. The number of nitrogens with zero attached hydrogens (tertiary/aromatic N) is 2. The average Bonchev–Trinajstić information content (AvgIpc) is 2.17. The summed E-state index contributed by atoms with van der Waals surface area (Å²) < 4.78 is 0. The summed E-state index contributed by atoms with van der Waals surface area (Å²) in [6, 6.07) is 2.77. The molecule has 0 spiro atoms. The van der Waals surface area contributed by atoms with E-state index in [0.717, 1.165) is 19.4 Å². The molecule has 1 heterocycles. The van der Waals surface area contributed by atoms with Crippen LogP contribution in [0.5, 0.6) is 0 Å². The zero-order valence-corrected chi connectivity index (χ0v) is 9.67. The first-order chi connectivity index (χ1) is 6.51. The fourth-order valence-corrected chi connectivity index (χ4v) is 2.13. The Morgan fingerprint density at radius 2 is 2.29 bits per heavy atom. The van der Waals surface area contributed by atoms with E-state index in [1.54, 1.807) is 0 Å². The van der Waals surface area contributed by atoms with Crippen LogP contribution in [-0.4, -0.2) is 24.5 Å². The first kappa shape index (κ1) is 11.3. The van der Waals surface area contributed by atoms with Crippen LogP contribution in [0.4, 0.5) is 0 Å². The van der Waals surface area contributed by atoms with E-state index in [1.165, 1.54) is 5.57 Å². The lowest BCUT2D eigenvalue weighted by molar-refractivity contribution is 0.154. The summed E-state index contributed by atoms with van der Waals surface area (Å²) in [6.45, 7) is 7.26. The Hall–Kier alpha value is -0.810. The normalized spacial score (nSPS) is 24.2. The summed E-state index contributed by atoms with van der Waals surface area (Å²) in [5.41, 5.74) is 1.25. The Kier molecular flexibility index (Phi) is 3.34. The van der Waals surface area contributed by atoms with Crippen LogP contribution in [0, 0.1) is 16.7 Å². The highest BCUT2D eigenvalue weighted by Crippen LogP contribution is 2.30. The van der Waals surface area contributed by atoms with Crippen LogP contribution in [-0.2, 0) is 0 Å². The number of rotatable bonds is 2. The standard InChI is InChI=1S/C12H20N2/c1-5-10-6-7-11(14(4)8-10)12(2,3)9-13/h6,11H,5,7-8H2,1-4H3. The van der Waals surface area contributed by atoms with Crippen LogP contribution < -0.4 is 0 Å². The van der Waals surface area contributed by atoms with Gasteiger partial charge in [-0.25, -0.2) is 0 Å². The van der Waals surface area contributed by atoms with Crippen molar-refractivity contribution in [2.24, 2.45) is 5.41 Å². The summed E-state index contributed by atoms with van der Waals surface area (Å²) in [6.07, 6.45) is 4.45. The van der Waals surface area contributed by atoms with Crippen LogP contribution in [0.15, 0.2) is 11.6 Å². The average molecular weight is 192 g/mol. The number of nitriles is 1. The van der Waals surface area contributed by atoms with Crippen molar-refractivity contribution in [2.45, 2.75) is 39.7 Å². The molecule has 1 unspecified atom stereocenters. The van der Waals surface area contributed by atoms with Crippen LogP contribution in [0.2, 0.25) is 0 Å². The van der Waals surface area contributed by atoms with Gasteiger partial charge in [-0.15, -0.1) is 0 Å². The minimum absolute atomic E-state index is 0.246. The third kappa shape index (κ3) is 2.16. The molecule has 78 valence electrons. The van der Waals surface area contributed by atoms with E-state index in [-0.39, 0.29) is 5.41 Å². The van der Waals surface area contributed by atoms with E-state index in [9.17, 15) is 0 Å². The van der Waals surface area contributed by atoms with Gasteiger partial charge < -0.3 is 0 Å². The topological polar surface area (TPSA) is 27.0 Å². The van der Waals surface area contributed by atoms with Gasteiger partial charge in [0.25, 0.3) is 0 Å². The van der Waals surface area contributed by atoms with Crippen molar-refractivity contribution in [2.75, 3.05) is 13.6 Å². The molecular weight excluding hydrogens is 172 g/mol. The van der Waals surface area contributed by atoms with Crippen molar-refractivity contribution in [1.29, 1.82) is 5.26 Å². The van der Waals surface area contributed by atoms with Crippen LogP contribution in [0.1, 0.15) is 33.6 Å². The van der Waals surface area contributed by atoms with Crippen molar-refractivity contribution in [1.82, 2.24) is 4.90 Å². The molecule has 1 aliphatic heterocycles. The van der Waals surface area contributed by atoms with Gasteiger partial charge in [-0.1, -0.05) is 18.6 Å². The zero-order valence-electron chi connectivity index (χ0n) is 9.67. The van der Waals surface area contributed by atoms with Gasteiger partial charge in [-0.3, -0.25) is 4.90 Å². The fraction of sp³-hybridized carbons (Fsp3) is 0.750. The van der Waals surface area contributed by atoms with E-state index in [4.69, 9.17) is 5.26 Å². The predicted octanol–water partition coefficient (Wildman–Crippen LogP) is 2.58. The van der Waals surface area contributed by atoms with E-state index < -0.39 is 0 Å². The van der Waals surface area contributed by atoms with Crippen molar-refractivity contribution < 1.29 is 0 Å². The first-order valence-electron chi connectivity index (χ1n) is 5.30. The Labute approximate surface area is 87.2 Å². The van der Waals surface area contributed by atoms with Crippen molar-refractivity contribution in [3.8, 4) is 6.07 Å². The molecule has 0 aromatic heterocycles. The molecule has 0 aromatic carbocycles. The van der Waals surface area contributed by atoms with Crippen LogP contribution in [0.25, 0.3) is 0 Å². The maximum absolute atomic E-state index is 9.09. The monoisotopic (exact) mass is 192 g/mol. The highest BCUT2D eigenvalue weighted by Gasteiger charge is 2.33. The van der Waals surface area contributed by atoms with Crippen LogP contribution >= 0.6 is 0 Å². The fourth-order valence-electron chi connectivity index (χ4n) is 2.13. The highest BCUT2D eigenvalue weighted by atomic mass is 15.1. The Balaban J connectivity index is 2.77. The summed E-state index contributed by atoms with van der Waals surface area (Å²) in [7, 11) is 2.12. The van der Waals surface area contributed by atoms with Gasteiger partial charge in [0.2, 0.25) is 0 Å². The predicted molar refractivity (Wildman–Crippen MR) is 58.8 cm³/mol. The lowest BCUT2D eigenvalue weighted by Gasteiger charge is -2.38. The third-order valence-corrected chi connectivity index (χ3v) is 3.19. The quantitative estimate of drug-likeness (QED) is 0.629. The zero-order chi connectivity index (χ0) is 10.8. The molecule has 0 saturated heterocycles. The minimum atomic E-state index is -0.246. The smallest absolute Gasteiger partial charge is 0.0700 e. The van der Waals surface area contributed by atoms with Gasteiger partial charge >= 0.3 is 0 Å². The molecule has 0 aromatic rings. The molecule has 2 heteroatoms. The molecule has 0 saturated carbocycles. The number of hydrogen-bond donors (Lipinski definition) is 0. The van der Waals surface area contributed by atoms with E-state index >= 15 is 0 Å². The first-order valence-corrected chi connectivity index (χ1v) is 5.30. The van der Waals surface area contributed by atoms with Gasteiger partial charge in [0.15, 0.2) is 0 Å². The Bertz CT molecular complexity index is 271. The largest absolute Gasteiger partial charge is 0.298 e. The van der Waals surface area contributed by atoms with Crippen molar-refractivity contribution in [3.63, 3.8) is 0 Å². The minimum Gasteiger partial charge on any atom is -0.298 e. The molecule has 0 fully saturated rings. The molecule has 14 heavy (non-hydrogen) atoms. The molecule has 1 rings (SSSR count).